The number of unbranched alkanes of at least 4 members (excludes halogenated alkanes) is 4. The van der Waals surface area contributed by atoms with Crippen LogP contribution in [0, 0.1) is 13.8 Å². The van der Waals surface area contributed by atoms with Crippen LogP contribution in [0.1, 0.15) is 70.4 Å². The third-order valence-electron chi connectivity index (χ3n) is 5.23. The number of benzene rings is 2. The number of aryl methyl sites for hydroxylation is 2. The highest BCUT2D eigenvalue weighted by molar-refractivity contribution is 9.09. The zero-order valence-corrected chi connectivity index (χ0v) is 22.1. The predicted octanol–water partition coefficient (Wildman–Crippen LogP) is 7.99. The molecule has 0 spiro atoms. The monoisotopic (exact) mass is 516 g/mol. The molecule has 0 aromatic heterocycles. The van der Waals surface area contributed by atoms with Crippen molar-refractivity contribution in [1.29, 1.82) is 0 Å². The third-order valence-corrected chi connectivity index (χ3v) is 5.79. The Morgan fingerprint density at radius 3 is 1.85 bits per heavy atom. The first kappa shape index (κ1) is 26.9. The van der Waals surface area contributed by atoms with Crippen molar-refractivity contribution in [2.24, 2.45) is 0 Å². The van der Waals surface area contributed by atoms with Gasteiger partial charge in [0.25, 0.3) is 0 Å². The molecule has 6 heteroatoms. The molecule has 0 atom stereocenters. The van der Waals surface area contributed by atoms with Gasteiger partial charge in [-0.25, -0.2) is 4.79 Å². The van der Waals surface area contributed by atoms with Crippen LogP contribution in [0.3, 0.4) is 0 Å². The van der Waals surface area contributed by atoms with Crippen molar-refractivity contribution < 1.29 is 14.3 Å². The Kier molecular flexibility index (Phi) is 10.4. The maximum atomic E-state index is 12.3. The Morgan fingerprint density at radius 1 is 0.818 bits per heavy atom. The Labute approximate surface area is 206 Å². The molecule has 2 amide bonds. The van der Waals surface area contributed by atoms with E-state index in [2.05, 4.69) is 32.6 Å². The minimum absolute atomic E-state index is 0.0692. The summed E-state index contributed by atoms with van der Waals surface area (Å²) >= 11 is 3.45. The van der Waals surface area contributed by atoms with Crippen LogP contribution in [0.5, 0.6) is 0 Å². The molecule has 180 valence electrons. The molecule has 0 saturated heterocycles. The van der Waals surface area contributed by atoms with Crippen molar-refractivity contribution in [2.45, 2.75) is 78.7 Å². The molecule has 5 nitrogen and oxygen atoms in total. The van der Waals surface area contributed by atoms with Gasteiger partial charge in [0.05, 0.1) is 0 Å². The fourth-order valence-corrected chi connectivity index (χ4v) is 3.90. The number of hydrogen-bond donors (Lipinski definition) is 2. The average Bonchev–Trinajstić information content (AvgIpc) is 2.72. The molecular formula is C27H37BrN2O3. The Hall–Kier alpha value is -2.34. The van der Waals surface area contributed by atoms with Gasteiger partial charge in [-0.1, -0.05) is 47.3 Å². The number of alkyl halides is 1. The van der Waals surface area contributed by atoms with Crippen LogP contribution in [0.25, 0.3) is 11.1 Å². The van der Waals surface area contributed by atoms with E-state index in [1.807, 2.05) is 65.0 Å². The highest BCUT2D eigenvalue weighted by Crippen LogP contribution is 2.28. The quantitative estimate of drug-likeness (QED) is 0.248. The molecule has 2 rings (SSSR count). The second-order valence-electron chi connectivity index (χ2n) is 9.44. The summed E-state index contributed by atoms with van der Waals surface area (Å²) in [5, 5.41) is 6.90. The number of nitrogens with one attached hydrogen (secondary N) is 2. The first-order valence-electron chi connectivity index (χ1n) is 11.7. The molecule has 0 radical (unpaired) electrons. The lowest BCUT2D eigenvalue weighted by molar-refractivity contribution is -0.116. The molecule has 0 aliphatic rings. The van der Waals surface area contributed by atoms with Gasteiger partial charge >= 0.3 is 6.09 Å². The number of hydrogen-bond acceptors (Lipinski definition) is 3. The molecular weight excluding hydrogens is 480 g/mol. The summed E-state index contributed by atoms with van der Waals surface area (Å²) < 4.78 is 5.33. The first-order chi connectivity index (χ1) is 15.6. The molecule has 0 fully saturated rings. The van der Waals surface area contributed by atoms with Gasteiger partial charge in [0, 0.05) is 23.1 Å². The van der Waals surface area contributed by atoms with Gasteiger partial charge in [-0.3, -0.25) is 10.1 Å². The van der Waals surface area contributed by atoms with Crippen molar-refractivity contribution in [3.63, 3.8) is 0 Å². The summed E-state index contributed by atoms with van der Waals surface area (Å²) in [5.74, 6) is 0.0692. The number of carbonyl (C=O) groups is 2. The van der Waals surface area contributed by atoms with E-state index >= 15 is 0 Å². The fraction of sp³-hybridized carbons (Fsp3) is 0.481. The number of anilines is 2. The minimum Gasteiger partial charge on any atom is -0.444 e. The second kappa shape index (κ2) is 12.8. The third kappa shape index (κ3) is 9.58. The number of ether oxygens (including phenoxy) is 1. The largest absolute Gasteiger partial charge is 0.444 e. The second-order valence-corrected chi connectivity index (χ2v) is 10.2. The number of amides is 2. The molecule has 0 heterocycles. The van der Waals surface area contributed by atoms with E-state index in [9.17, 15) is 9.59 Å². The standard InChI is InChI=1S/C27H37BrN2O3/c1-19-17-21(12-14-23(19)29-25(31)11-9-7-6-8-10-16-28)22-13-15-24(20(2)18-22)30-26(32)33-27(3,4)5/h12-15,17-18H,6-11,16H2,1-5H3,(H,29,31)(H,30,32). The lowest BCUT2D eigenvalue weighted by atomic mass is 10.00. The molecule has 2 N–H and O–H groups in total. The first-order valence-corrected chi connectivity index (χ1v) is 12.8. The van der Waals surface area contributed by atoms with Gasteiger partial charge in [0.15, 0.2) is 0 Å². The van der Waals surface area contributed by atoms with Crippen LogP contribution in [0.4, 0.5) is 16.2 Å². The summed E-state index contributed by atoms with van der Waals surface area (Å²) in [6.45, 7) is 9.47. The van der Waals surface area contributed by atoms with Crippen LogP contribution < -0.4 is 10.6 Å². The van der Waals surface area contributed by atoms with E-state index in [1.54, 1.807) is 0 Å². The van der Waals surface area contributed by atoms with E-state index in [0.717, 1.165) is 51.8 Å². The van der Waals surface area contributed by atoms with Gasteiger partial charge in [0.2, 0.25) is 5.91 Å². The highest BCUT2D eigenvalue weighted by atomic mass is 79.9. The van der Waals surface area contributed by atoms with E-state index in [1.165, 1.54) is 19.3 Å². The normalized spacial score (nSPS) is 11.2. The van der Waals surface area contributed by atoms with Gasteiger partial charge in [0.1, 0.15) is 5.60 Å². The topological polar surface area (TPSA) is 67.4 Å². The highest BCUT2D eigenvalue weighted by Gasteiger charge is 2.17. The summed E-state index contributed by atoms with van der Waals surface area (Å²) in [6, 6.07) is 11.9. The lowest BCUT2D eigenvalue weighted by Gasteiger charge is -2.20. The van der Waals surface area contributed by atoms with Crippen LogP contribution >= 0.6 is 15.9 Å². The molecule has 33 heavy (non-hydrogen) atoms. The van der Waals surface area contributed by atoms with Crippen molar-refractivity contribution >= 4 is 39.3 Å². The maximum Gasteiger partial charge on any atom is 0.412 e. The summed E-state index contributed by atoms with van der Waals surface area (Å²) in [5.41, 5.74) is 5.11. The van der Waals surface area contributed by atoms with Crippen molar-refractivity contribution in [3.05, 3.63) is 47.5 Å². The minimum atomic E-state index is -0.542. The summed E-state index contributed by atoms with van der Waals surface area (Å²) in [6.07, 6.45) is 5.70. The van der Waals surface area contributed by atoms with Crippen LogP contribution in [0.2, 0.25) is 0 Å². The predicted molar refractivity (Wildman–Crippen MR) is 141 cm³/mol. The molecule has 0 bridgehead atoms. The van der Waals surface area contributed by atoms with Gasteiger partial charge in [-0.15, -0.1) is 0 Å². The lowest BCUT2D eigenvalue weighted by Crippen LogP contribution is -2.27. The van der Waals surface area contributed by atoms with Crippen LogP contribution in [-0.4, -0.2) is 22.9 Å². The van der Waals surface area contributed by atoms with Crippen molar-refractivity contribution in [1.82, 2.24) is 0 Å². The van der Waals surface area contributed by atoms with E-state index < -0.39 is 11.7 Å². The molecule has 0 saturated carbocycles. The Morgan fingerprint density at radius 2 is 1.33 bits per heavy atom. The molecule has 0 aliphatic carbocycles. The fourth-order valence-electron chi connectivity index (χ4n) is 3.50. The molecule has 2 aromatic rings. The SMILES string of the molecule is Cc1cc(-c2ccc(NC(=O)OC(C)(C)C)c(C)c2)ccc1NC(=O)CCCCCCCBr. The van der Waals surface area contributed by atoms with E-state index in [0.29, 0.717) is 6.42 Å². The van der Waals surface area contributed by atoms with Gasteiger partial charge in [-0.05, 0) is 94.0 Å². The van der Waals surface area contributed by atoms with E-state index in [-0.39, 0.29) is 5.91 Å². The number of rotatable bonds is 10. The molecule has 0 aliphatic heterocycles. The number of halogens is 1. The summed E-state index contributed by atoms with van der Waals surface area (Å²) in [7, 11) is 0. The summed E-state index contributed by atoms with van der Waals surface area (Å²) in [4.78, 5) is 24.4. The Balaban J connectivity index is 1.96. The van der Waals surface area contributed by atoms with Crippen molar-refractivity contribution in [2.75, 3.05) is 16.0 Å². The van der Waals surface area contributed by atoms with Crippen molar-refractivity contribution in [3.8, 4) is 11.1 Å². The zero-order chi connectivity index (χ0) is 24.4. The molecule has 0 unspecified atom stereocenters. The van der Waals surface area contributed by atoms with Gasteiger partial charge < -0.3 is 10.1 Å². The van der Waals surface area contributed by atoms with Crippen LogP contribution in [0.15, 0.2) is 36.4 Å². The number of carbonyl (C=O) groups excluding carboxylic acids is 2. The zero-order valence-electron chi connectivity index (χ0n) is 20.5. The Bertz CT molecular complexity index is 951. The molecule has 2 aromatic carbocycles. The average molecular weight is 518 g/mol. The van der Waals surface area contributed by atoms with Crippen LogP contribution in [-0.2, 0) is 9.53 Å². The van der Waals surface area contributed by atoms with E-state index in [4.69, 9.17) is 4.74 Å². The smallest absolute Gasteiger partial charge is 0.412 e. The van der Waals surface area contributed by atoms with Gasteiger partial charge in [-0.2, -0.15) is 0 Å². The maximum absolute atomic E-state index is 12.3.